The van der Waals surface area contributed by atoms with Gasteiger partial charge >= 0.3 is 0 Å². The molecule has 1 fully saturated rings. The number of nitrogens with zero attached hydrogens (tertiary/aromatic N) is 1. The van der Waals surface area contributed by atoms with Crippen molar-refractivity contribution in [3.8, 4) is 0 Å². The Kier molecular flexibility index (Phi) is 6.35. The Labute approximate surface area is 126 Å². The van der Waals surface area contributed by atoms with Crippen molar-refractivity contribution in [3.63, 3.8) is 0 Å². The van der Waals surface area contributed by atoms with Crippen molar-refractivity contribution in [2.45, 2.75) is 19.3 Å². The van der Waals surface area contributed by atoms with Gasteiger partial charge in [0.15, 0.2) is 0 Å². The SMILES string of the molecule is O=S(=O)(CCC1CCOCC1)NC/C=C/c1cccnc1. The number of pyridine rings is 1. The molecule has 1 N–H and O–H groups in total. The molecule has 21 heavy (non-hydrogen) atoms. The maximum Gasteiger partial charge on any atom is 0.211 e. The molecule has 0 unspecified atom stereocenters. The van der Waals surface area contributed by atoms with Gasteiger partial charge in [-0.2, -0.15) is 0 Å². The fraction of sp³-hybridized carbons (Fsp3) is 0.533. The van der Waals surface area contributed by atoms with Crippen LogP contribution in [0.4, 0.5) is 0 Å². The molecule has 0 bridgehead atoms. The lowest BCUT2D eigenvalue weighted by molar-refractivity contribution is 0.0655. The molecule has 116 valence electrons. The Bertz CT molecular complexity index is 537. The first-order chi connectivity index (χ1) is 10.2. The number of rotatable bonds is 7. The van der Waals surface area contributed by atoms with Crippen LogP contribution in [0.3, 0.4) is 0 Å². The van der Waals surface area contributed by atoms with Gasteiger partial charge in [-0.05, 0) is 36.8 Å². The average Bonchev–Trinajstić information content (AvgIpc) is 2.52. The van der Waals surface area contributed by atoms with Crippen LogP contribution in [-0.4, -0.2) is 38.9 Å². The van der Waals surface area contributed by atoms with E-state index in [1.54, 1.807) is 18.5 Å². The fourth-order valence-corrected chi connectivity index (χ4v) is 3.41. The second kappa shape index (κ2) is 8.26. The minimum atomic E-state index is -3.19. The maximum atomic E-state index is 11.9. The van der Waals surface area contributed by atoms with Gasteiger partial charge in [0.05, 0.1) is 5.75 Å². The first kappa shape index (κ1) is 16.1. The van der Waals surface area contributed by atoms with E-state index < -0.39 is 10.0 Å². The molecule has 0 radical (unpaired) electrons. The van der Waals surface area contributed by atoms with E-state index in [1.165, 1.54) is 0 Å². The van der Waals surface area contributed by atoms with Gasteiger partial charge < -0.3 is 4.74 Å². The van der Waals surface area contributed by atoms with Gasteiger partial charge in [0.1, 0.15) is 0 Å². The monoisotopic (exact) mass is 310 g/mol. The van der Waals surface area contributed by atoms with Crippen molar-refractivity contribution in [2.75, 3.05) is 25.5 Å². The molecule has 0 spiro atoms. The maximum absolute atomic E-state index is 11.9. The second-order valence-electron chi connectivity index (χ2n) is 5.20. The molecule has 6 heteroatoms. The van der Waals surface area contributed by atoms with Crippen molar-refractivity contribution in [1.29, 1.82) is 0 Å². The fourth-order valence-electron chi connectivity index (χ4n) is 2.27. The quantitative estimate of drug-likeness (QED) is 0.834. The van der Waals surface area contributed by atoms with Crippen LogP contribution in [0.1, 0.15) is 24.8 Å². The molecule has 1 aromatic rings. The standard InChI is InChI=1S/C15H22N2O3S/c18-21(19,12-7-14-5-10-20-11-6-14)17-9-2-4-15-3-1-8-16-13-15/h1-4,8,13-14,17H,5-7,9-12H2/b4-2+. The summed E-state index contributed by atoms with van der Waals surface area (Å²) in [5, 5.41) is 0. The predicted octanol–water partition coefficient (Wildman–Crippen LogP) is 1.83. The van der Waals surface area contributed by atoms with Crippen LogP contribution in [0, 0.1) is 5.92 Å². The Morgan fingerprint density at radius 1 is 1.38 bits per heavy atom. The normalized spacial score (nSPS) is 17.3. The molecule has 0 aromatic carbocycles. The van der Waals surface area contributed by atoms with Gasteiger partial charge in [-0.25, -0.2) is 13.1 Å². The van der Waals surface area contributed by atoms with Crippen LogP contribution < -0.4 is 4.72 Å². The largest absolute Gasteiger partial charge is 0.381 e. The minimum absolute atomic E-state index is 0.193. The van der Waals surface area contributed by atoms with Crippen LogP contribution in [-0.2, 0) is 14.8 Å². The molecular formula is C15H22N2O3S. The highest BCUT2D eigenvalue weighted by Gasteiger charge is 2.17. The Morgan fingerprint density at radius 3 is 2.90 bits per heavy atom. The molecule has 2 heterocycles. The number of ether oxygens (including phenoxy) is 1. The van der Waals surface area contributed by atoms with E-state index in [4.69, 9.17) is 4.74 Å². The zero-order valence-corrected chi connectivity index (χ0v) is 12.9. The van der Waals surface area contributed by atoms with Gasteiger partial charge in [0.25, 0.3) is 0 Å². The van der Waals surface area contributed by atoms with Crippen LogP contribution in [0.15, 0.2) is 30.6 Å². The summed E-state index contributed by atoms with van der Waals surface area (Å²) in [7, 11) is -3.19. The molecule has 1 saturated heterocycles. The van der Waals surface area contributed by atoms with Crippen LogP contribution in [0.2, 0.25) is 0 Å². The third kappa shape index (κ3) is 6.37. The zero-order valence-electron chi connectivity index (χ0n) is 12.1. The van der Waals surface area contributed by atoms with Crippen molar-refractivity contribution in [3.05, 3.63) is 36.2 Å². The van der Waals surface area contributed by atoms with Crippen LogP contribution in [0.5, 0.6) is 0 Å². The molecule has 1 aromatic heterocycles. The van der Waals surface area contributed by atoms with E-state index in [2.05, 4.69) is 9.71 Å². The summed E-state index contributed by atoms with van der Waals surface area (Å²) >= 11 is 0. The van der Waals surface area contributed by atoms with Gasteiger partial charge in [-0.3, -0.25) is 4.98 Å². The second-order valence-corrected chi connectivity index (χ2v) is 7.13. The van der Waals surface area contributed by atoms with Gasteiger partial charge in [0, 0.05) is 32.2 Å². The van der Waals surface area contributed by atoms with Crippen molar-refractivity contribution < 1.29 is 13.2 Å². The van der Waals surface area contributed by atoms with Gasteiger partial charge in [-0.15, -0.1) is 0 Å². The van der Waals surface area contributed by atoms with E-state index in [0.717, 1.165) is 31.6 Å². The number of hydrogen-bond acceptors (Lipinski definition) is 4. The molecule has 5 nitrogen and oxygen atoms in total. The number of sulfonamides is 1. The summed E-state index contributed by atoms with van der Waals surface area (Å²) < 4.78 is 31.7. The summed E-state index contributed by atoms with van der Waals surface area (Å²) in [6.45, 7) is 1.82. The lowest BCUT2D eigenvalue weighted by Gasteiger charge is -2.21. The number of hydrogen-bond donors (Lipinski definition) is 1. The van der Waals surface area contributed by atoms with E-state index in [1.807, 2.05) is 18.2 Å². The number of nitrogens with one attached hydrogen (secondary N) is 1. The first-order valence-electron chi connectivity index (χ1n) is 7.27. The molecule has 2 rings (SSSR count). The Balaban J connectivity index is 1.69. The van der Waals surface area contributed by atoms with E-state index in [0.29, 0.717) is 18.9 Å². The lowest BCUT2D eigenvalue weighted by Crippen LogP contribution is -2.28. The lowest BCUT2D eigenvalue weighted by atomic mass is 9.98. The highest BCUT2D eigenvalue weighted by molar-refractivity contribution is 7.89. The highest BCUT2D eigenvalue weighted by atomic mass is 32.2. The summed E-state index contributed by atoms with van der Waals surface area (Å²) in [5.41, 5.74) is 0.957. The Morgan fingerprint density at radius 2 is 2.19 bits per heavy atom. The van der Waals surface area contributed by atoms with Crippen molar-refractivity contribution in [1.82, 2.24) is 9.71 Å². The third-order valence-electron chi connectivity index (χ3n) is 3.55. The molecule has 0 atom stereocenters. The van der Waals surface area contributed by atoms with Gasteiger partial charge in [-0.1, -0.05) is 18.2 Å². The first-order valence-corrected chi connectivity index (χ1v) is 8.92. The smallest absolute Gasteiger partial charge is 0.211 e. The summed E-state index contributed by atoms with van der Waals surface area (Å²) in [6.07, 6.45) is 9.74. The van der Waals surface area contributed by atoms with E-state index >= 15 is 0 Å². The minimum Gasteiger partial charge on any atom is -0.381 e. The molecule has 0 aliphatic carbocycles. The van der Waals surface area contributed by atoms with Crippen molar-refractivity contribution >= 4 is 16.1 Å². The summed E-state index contributed by atoms with van der Waals surface area (Å²) in [5.74, 6) is 0.666. The average molecular weight is 310 g/mol. The van der Waals surface area contributed by atoms with Crippen LogP contribution in [0.25, 0.3) is 6.08 Å². The van der Waals surface area contributed by atoms with Gasteiger partial charge in [0.2, 0.25) is 10.0 Å². The summed E-state index contributed by atoms with van der Waals surface area (Å²) in [6, 6.07) is 3.76. The molecule has 1 aliphatic rings. The predicted molar refractivity (Wildman–Crippen MR) is 83.2 cm³/mol. The number of aromatic nitrogens is 1. The van der Waals surface area contributed by atoms with Crippen molar-refractivity contribution in [2.24, 2.45) is 5.92 Å². The molecule has 1 aliphatic heterocycles. The summed E-state index contributed by atoms with van der Waals surface area (Å²) in [4.78, 5) is 3.99. The zero-order chi connectivity index (χ0) is 15.0. The molecule has 0 amide bonds. The molecule has 0 saturated carbocycles. The van der Waals surface area contributed by atoms with E-state index in [9.17, 15) is 8.42 Å². The van der Waals surface area contributed by atoms with Crippen LogP contribution >= 0.6 is 0 Å². The molecular weight excluding hydrogens is 288 g/mol. The Hall–Kier alpha value is -1.24. The highest BCUT2D eigenvalue weighted by Crippen LogP contribution is 2.18. The van der Waals surface area contributed by atoms with E-state index in [-0.39, 0.29) is 5.75 Å². The third-order valence-corrected chi connectivity index (χ3v) is 4.93. The topological polar surface area (TPSA) is 68.3 Å².